The van der Waals surface area contributed by atoms with E-state index in [4.69, 9.17) is 4.98 Å². The summed E-state index contributed by atoms with van der Waals surface area (Å²) in [6.07, 6.45) is 1.15. The minimum absolute atomic E-state index is 1.01. The van der Waals surface area contributed by atoms with Crippen LogP contribution in [0.5, 0.6) is 0 Å². The van der Waals surface area contributed by atoms with Crippen LogP contribution in [-0.2, 0) is 0 Å². The molecule has 0 fully saturated rings. The van der Waals surface area contributed by atoms with Crippen LogP contribution in [0.2, 0.25) is 0 Å². The van der Waals surface area contributed by atoms with E-state index in [1.807, 2.05) is 0 Å². The number of anilines is 1. The Morgan fingerprint density at radius 1 is 0.885 bits per heavy atom. The summed E-state index contributed by atoms with van der Waals surface area (Å²) in [6.45, 7) is 15.2. The summed E-state index contributed by atoms with van der Waals surface area (Å²) in [5, 5.41) is 1.25. The summed E-state index contributed by atoms with van der Waals surface area (Å²) >= 11 is 0. The zero-order chi connectivity index (χ0) is 18.8. The lowest BCUT2D eigenvalue weighted by molar-refractivity contribution is 0.793. The fraction of sp³-hybridized carbons (Fsp3) is 0.375. The molecule has 0 aliphatic rings. The molecule has 2 heteroatoms. The Morgan fingerprint density at radius 3 is 2.19 bits per heavy atom. The zero-order valence-corrected chi connectivity index (χ0v) is 17.0. The van der Waals surface area contributed by atoms with Crippen LogP contribution in [0.1, 0.15) is 42.7 Å². The first-order valence-corrected chi connectivity index (χ1v) is 9.69. The molecule has 0 radical (unpaired) electrons. The number of fused-ring (bicyclic) bond motifs is 1. The van der Waals surface area contributed by atoms with E-state index in [2.05, 4.69) is 82.8 Å². The summed E-state index contributed by atoms with van der Waals surface area (Å²) in [5.41, 5.74) is 10.1. The standard InChI is InChI=1S/C24H30N2/c1-7-11-26(8-2)23-14-19(6)25-22-10-9-20(15-21(22)23)24-17(4)12-16(3)13-18(24)5/h9-10,12-15H,7-8,11H2,1-6H3. The molecule has 1 aromatic heterocycles. The third-order valence-electron chi connectivity index (χ3n) is 5.10. The number of hydrogen-bond acceptors (Lipinski definition) is 2. The molecule has 2 aromatic carbocycles. The van der Waals surface area contributed by atoms with Gasteiger partial charge in [0.05, 0.1) is 5.52 Å². The second-order valence-corrected chi connectivity index (χ2v) is 7.37. The Morgan fingerprint density at radius 2 is 1.58 bits per heavy atom. The van der Waals surface area contributed by atoms with E-state index in [1.165, 1.54) is 38.9 Å². The van der Waals surface area contributed by atoms with Crippen molar-refractivity contribution >= 4 is 16.6 Å². The number of benzene rings is 2. The fourth-order valence-electron chi connectivity index (χ4n) is 4.11. The van der Waals surface area contributed by atoms with Gasteiger partial charge in [0.2, 0.25) is 0 Å². The zero-order valence-electron chi connectivity index (χ0n) is 17.0. The van der Waals surface area contributed by atoms with E-state index >= 15 is 0 Å². The van der Waals surface area contributed by atoms with Gasteiger partial charge < -0.3 is 4.90 Å². The van der Waals surface area contributed by atoms with Crippen LogP contribution < -0.4 is 4.90 Å². The highest BCUT2D eigenvalue weighted by molar-refractivity contribution is 5.95. The SMILES string of the molecule is CCCN(CC)c1cc(C)nc2ccc(-c3c(C)cc(C)cc3C)cc12. The topological polar surface area (TPSA) is 16.1 Å². The maximum absolute atomic E-state index is 4.78. The Labute approximate surface area is 157 Å². The Bertz CT molecular complexity index is 917. The minimum atomic E-state index is 1.01. The van der Waals surface area contributed by atoms with E-state index in [9.17, 15) is 0 Å². The normalized spacial score (nSPS) is 11.2. The number of nitrogens with zero attached hydrogens (tertiary/aromatic N) is 2. The van der Waals surface area contributed by atoms with Crippen LogP contribution in [0.4, 0.5) is 5.69 Å². The van der Waals surface area contributed by atoms with Crippen LogP contribution in [-0.4, -0.2) is 18.1 Å². The monoisotopic (exact) mass is 346 g/mol. The molecule has 0 amide bonds. The van der Waals surface area contributed by atoms with Crippen molar-refractivity contribution in [2.75, 3.05) is 18.0 Å². The predicted octanol–water partition coefficient (Wildman–Crippen LogP) is 6.37. The highest BCUT2D eigenvalue weighted by Crippen LogP contribution is 2.34. The van der Waals surface area contributed by atoms with Gasteiger partial charge in [-0.15, -0.1) is 0 Å². The molecule has 0 saturated carbocycles. The van der Waals surface area contributed by atoms with Crippen LogP contribution in [0.15, 0.2) is 36.4 Å². The van der Waals surface area contributed by atoms with Gasteiger partial charge in [0, 0.05) is 29.9 Å². The largest absolute Gasteiger partial charge is 0.371 e. The lowest BCUT2D eigenvalue weighted by atomic mass is 9.92. The van der Waals surface area contributed by atoms with E-state index in [0.717, 1.165) is 30.7 Å². The van der Waals surface area contributed by atoms with E-state index in [0.29, 0.717) is 0 Å². The van der Waals surface area contributed by atoms with Crippen molar-refractivity contribution < 1.29 is 0 Å². The van der Waals surface area contributed by atoms with Crippen LogP contribution in [0.3, 0.4) is 0 Å². The summed E-state index contributed by atoms with van der Waals surface area (Å²) in [4.78, 5) is 7.25. The van der Waals surface area contributed by atoms with E-state index < -0.39 is 0 Å². The lowest BCUT2D eigenvalue weighted by Crippen LogP contribution is -2.23. The van der Waals surface area contributed by atoms with Crippen LogP contribution >= 0.6 is 0 Å². The van der Waals surface area contributed by atoms with E-state index in [1.54, 1.807) is 0 Å². The van der Waals surface area contributed by atoms with Crippen molar-refractivity contribution in [2.24, 2.45) is 0 Å². The van der Waals surface area contributed by atoms with Gasteiger partial charge in [-0.05, 0) is 81.5 Å². The summed E-state index contributed by atoms with van der Waals surface area (Å²) in [6, 6.07) is 13.5. The first-order valence-electron chi connectivity index (χ1n) is 9.69. The maximum Gasteiger partial charge on any atom is 0.0726 e. The van der Waals surface area contributed by atoms with Crippen molar-refractivity contribution in [1.82, 2.24) is 4.98 Å². The van der Waals surface area contributed by atoms with Gasteiger partial charge in [-0.2, -0.15) is 0 Å². The number of aryl methyl sites for hydroxylation is 4. The molecule has 3 aromatic rings. The molecule has 0 aliphatic carbocycles. The maximum atomic E-state index is 4.78. The second kappa shape index (κ2) is 7.49. The molecule has 0 atom stereocenters. The van der Waals surface area contributed by atoms with Crippen LogP contribution in [0.25, 0.3) is 22.0 Å². The molecular formula is C24H30N2. The fourth-order valence-corrected chi connectivity index (χ4v) is 4.11. The molecule has 0 unspecified atom stereocenters. The molecule has 0 bridgehead atoms. The highest BCUT2D eigenvalue weighted by atomic mass is 15.1. The molecule has 0 N–H and O–H groups in total. The third kappa shape index (κ3) is 3.46. The molecule has 0 spiro atoms. The molecule has 2 nitrogen and oxygen atoms in total. The highest BCUT2D eigenvalue weighted by Gasteiger charge is 2.13. The average Bonchev–Trinajstić information content (AvgIpc) is 2.58. The molecule has 3 rings (SSSR count). The smallest absolute Gasteiger partial charge is 0.0726 e. The van der Waals surface area contributed by atoms with Gasteiger partial charge in [0.15, 0.2) is 0 Å². The quantitative estimate of drug-likeness (QED) is 0.533. The number of pyridine rings is 1. The van der Waals surface area contributed by atoms with Gasteiger partial charge in [-0.3, -0.25) is 4.98 Å². The molecular weight excluding hydrogens is 316 g/mol. The van der Waals surface area contributed by atoms with Gasteiger partial charge in [0.1, 0.15) is 0 Å². The van der Waals surface area contributed by atoms with Crippen LogP contribution in [0, 0.1) is 27.7 Å². The Balaban J connectivity index is 2.24. The summed E-state index contributed by atoms with van der Waals surface area (Å²) < 4.78 is 0. The van der Waals surface area contributed by atoms with Crippen molar-refractivity contribution in [3.8, 4) is 11.1 Å². The second-order valence-electron chi connectivity index (χ2n) is 7.37. The first kappa shape index (κ1) is 18.4. The summed E-state index contributed by atoms with van der Waals surface area (Å²) in [7, 11) is 0. The molecule has 26 heavy (non-hydrogen) atoms. The third-order valence-corrected chi connectivity index (χ3v) is 5.10. The van der Waals surface area contributed by atoms with E-state index in [-0.39, 0.29) is 0 Å². The minimum Gasteiger partial charge on any atom is -0.371 e. The van der Waals surface area contributed by atoms with Crippen molar-refractivity contribution in [2.45, 2.75) is 48.0 Å². The van der Waals surface area contributed by atoms with Crippen molar-refractivity contribution in [3.63, 3.8) is 0 Å². The van der Waals surface area contributed by atoms with Gasteiger partial charge in [0.25, 0.3) is 0 Å². The van der Waals surface area contributed by atoms with Gasteiger partial charge in [-0.1, -0.05) is 30.7 Å². The number of rotatable bonds is 5. The number of aromatic nitrogens is 1. The van der Waals surface area contributed by atoms with Gasteiger partial charge in [-0.25, -0.2) is 0 Å². The number of hydrogen-bond donors (Lipinski definition) is 0. The molecule has 0 saturated heterocycles. The lowest BCUT2D eigenvalue weighted by Gasteiger charge is -2.25. The molecule has 136 valence electrons. The summed E-state index contributed by atoms with van der Waals surface area (Å²) in [5.74, 6) is 0. The Kier molecular flexibility index (Phi) is 5.31. The van der Waals surface area contributed by atoms with Gasteiger partial charge >= 0.3 is 0 Å². The molecule has 0 aliphatic heterocycles. The average molecular weight is 347 g/mol. The van der Waals surface area contributed by atoms with Crippen molar-refractivity contribution in [1.29, 1.82) is 0 Å². The van der Waals surface area contributed by atoms with Crippen molar-refractivity contribution in [3.05, 3.63) is 58.8 Å². The first-order chi connectivity index (χ1) is 12.4. The molecule has 1 heterocycles. The predicted molar refractivity (Wildman–Crippen MR) is 114 cm³/mol. The Hall–Kier alpha value is -2.35.